The Labute approximate surface area is 166 Å². The third kappa shape index (κ3) is 4.04. The minimum Gasteiger partial charge on any atom is -0.337 e. The van der Waals surface area contributed by atoms with Crippen LogP contribution in [0.4, 0.5) is 0 Å². The number of carbonyl (C=O) groups is 1. The molecule has 1 unspecified atom stereocenters. The van der Waals surface area contributed by atoms with Crippen molar-refractivity contribution in [3.8, 4) is 0 Å². The van der Waals surface area contributed by atoms with E-state index in [0.29, 0.717) is 11.6 Å². The topological polar surface area (TPSA) is 49.3 Å². The Bertz CT molecular complexity index is 973. The van der Waals surface area contributed by atoms with Crippen LogP contribution < -0.4 is 0 Å². The molecule has 5 heteroatoms. The van der Waals surface area contributed by atoms with Crippen LogP contribution in [-0.2, 0) is 6.54 Å². The molecule has 1 atom stereocenters. The van der Waals surface area contributed by atoms with Crippen LogP contribution in [0.25, 0.3) is 10.9 Å². The molecule has 1 aliphatic rings. The summed E-state index contributed by atoms with van der Waals surface area (Å²) >= 11 is 0. The van der Waals surface area contributed by atoms with Crippen molar-refractivity contribution in [3.05, 3.63) is 71.7 Å². The van der Waals surface area contributed by atoms with Gasteiger partial charge in [0.1, 0.15) is 5.69 Å². The molecule has 1 aromatic carbocycles. The molecule has 0 aliphatic carbocycles. The van der Waals surface area contributed by atoms with E-state index in [1.54, 1.807) is 6.20 Å². The zero-order chi connectivity index (χ0) is 19.5. The summed E-state index contributed by atoms with van der Waals surface area (Å²) in [5, 5.41) is 1.11. The molecule has 0 saturated carbocycles. The fraction of sp³-hybridized carbons (Fsp3) is 0.348. The van der Waals surface area contributed by atoms with Gasteiger partial charge in [-0.1, -0.05) is 24.3 Å². The van der Waals surface area contributed by atoms with E-state index in [-0.39, 0.29) is 5.91 Å². The second-order valence-electron chi connectivity index (χ2n) is 7.81. The van der Waals surface area contributed by atoms with E-state index < -0.39 is 0 Å². The first-order valence-electron chi connectivity index (χ1n) is 9.83. The minimum atomic E-state index is 0.0475. The SMILES string of the molecule is Cc1cc(C(=O)N2CCC(CN(C)Cc3cccnc3)C2)nc2ccccc12. The highest BCUT2D eigenvalue weighted by molar-refractivity contribution is 5.96. The van der Waals surface area contributed by atoms with Gasteiger partial charge in [-0.05, 0) is 55.6 Å². The minimum absolute atomic E-state index is 0.0475. The molecule has 3 heterocycles. The standard InChI is InChI=1S/C23H26N4O/c1-17-12-22(25-21-8-4-3-7-20(17)21)23(28)27-11-9-19(16-27)15-26(2)14-18-6-5-10-24-13-18/h3-8,10,12-13,19H,9,11,14-16H2,1-2H3. The Kier molecular flexibility index (Phi) is 5.35. The zero-order valence-corrected chi connectivity index (χ0v) is 16.5. The van der Waals surface area contributed by atoms with Gasteiger partial charge in [0.2, 0.25) is 0 Å². The number of hydrogen-bond donors (Lipinski definition) is 0. The number of pyridine rings is 2. The summed E-state index contributed by atoms with van der Waals surface area (Å²) in [7, 11) is 2.13. The average Bonchev–Trinajstić information content (AvgIpc) is 3.16. The summed E-state index contributed by atoms with van der Waals surface area (Å²) in [6, 6.07) is 14.0. The van der Waals surface area contributed by atoms with Gasteiger partial charge in [0.15, 0.2) is 0 Å². The number of aryl methyl sites for hydroxylation is 1. The number of fused-ring (bicyclic) bond motifs is 1. The van der Waals surface area contributed by atoms with Crippen molar-refractivity contribution in [3.63, 3.8) is 0 Å². The monoisotopic (exact) mass is 374 g/mol. The van der Waals surface area contributed by atoms with Crippen LogP contribution in [0.1, 0.15) is 28.0 Å². The van der Waals surface area contributed by atoms with Gasteiger partial charge in [-0.3, -0.25) is 9.78 Å². The molecule has 0 spiro atoms. The Balaban J connectivity index is 1.39. The van der Waals surface area contributed by atoms with Crippen LogP contribution in [0.15, 0.2) is 54.9 Å². The van der Waals surface area contributed by atoms with Crippen LogP contribution in [0.2, 0.25) is 0 Å². The van der Waals surface area contributed by atoms with Crippen LogP contribution >= 0.6 is 0 Å². The van der Waals surface area contributed by atoms with Crippen molar-refractivity contribution in [2.75, 3.05) is 26.7 Å². The first-order chi connectivity index (χ1) is 13.6. The fourth-order valence-electron chi connectivity index (χ4n) is 4.10. The third-order valence-corrected chi connectivity index (χ3v) is 5.46. The highest BCUT2D eigenvalue weighted by atomic mass is 16.2. The number of rotatable bonds is 5. The van der Waals surface area contributed by atoms with Crippen LogP contribution in [-0.4, -0.2) is 52.4 Å². The predicted octanol–water partition coefficient (Wildman–Crippen LogP) is 3.53. The van der Waals surface area contributed by atoms with E-state index >= 15 is 0 Å². The normalized spacial score (nSPS) is 16.8. The quantitative estimate of drug-likeness (QED) is 0.685. The van der Waals surface area contributed by atoms with Crippen molar-refractivity contribution in [1.82, 2.24) is 19.8 Å². The highest BCUT2D eigenvalue weighted by Gasteiger charge is 2.28. The Hall–Kier alpha value is -2.79. The van der Waals surface area contributed by atoms with E-state index in [1.165, 1.54) is 5.56 Å². The van der Waals surface area contributed by atoms with E-state index in [4.69, 9.17) is 0 Å². The first kappa shape index (κ1) is 18.6. The smallest absolute Gasteiger partial charge is 0.272 e. The lowest BCUT2D eigenvalue weighted by molar-refractivity contribution is 0.0778. The van der Waals surface area contributed by atoms with Crippen molar-refractivity contribution >= 4 is 16.8 Å². The summed E-state index contributed by atoms with van der Waals surface area (Å²) < 4.78 is 0. The van der Waals surface area contributed by atoms with Crippen LogP contribution in [0.5, 0.6) is 0 Å². The molecule has 1 saturated heterocycles. The Morgan fingerprint density at radius 3 is 2.93 bits per heavy atom. The third-order valence-electron chi connectivity index (χ3n) is 5.46. The molecule has 2 aromatic heterocycles. The number of benzene rings is 1. The van der Waals surface area contributed by atoms with Gasteiger partial charge in [0.25, 0.3) is 5.91 Å². The molecular weight excluding hydrogens is 348 g/mol. The van der Waals surface area contributed by atoms with Gasteiger partial charge in [-0.2, -0.15) is 0 Å². The van der Waals surface area contributed by atoms with Gasteiger partial charge in [0, 0.05) is 44.0 Å². The molecule has 5 nitrogen and oxygen atoms in total. The number of likely N-dealkylation sites (tertiary alicyclic amines) is 1. The summed E-state index contributed by atoms with van der Waals surface area (Å²) in [6.45, 7) is 5.50. The van der Waals surface area contributed by atoms with E-state index in [9.17, 15) is 4.79 Å². The Morgan fingerprint density at radius 2 is 2.11 bits per heavy atom. The summed E-state index contributed by atoms with van der Waals surface area (Å²) in [5.74, 6) is 0.540. The predicted molar refractivity (Wildman–Crippen MR) is 111 cm³/mol. The van der Waals surface area contributed by atoms with Gasteiger partial charge in [-0.25, -0.2) is 4.98 Å². The van der Waals surface area contributed by atoms with Crippen LogP contribution in [0.3, 0.4) is 0 Å². The molecule has 144 valence electrons. The van der Waals surface area contributed by atoms with E-state index in [0.717, 1.165) is 49.1 Å². The summed E-state index contributed by atoms with van der Waals surface area (Å²) in [5.41, 5.74) is 3.76. The first-order valence-corrected chi connectivity index (χ1v) is 9.83. The maximum absolute atomic E-state index is 13.0. The van der Waals surface area contributed by atoms with Crippen molar-refractivity contribution in [2.45, 2.75) is 19.9 Å². The molecule has 4 rings (SSSR count). The number of carbonyl (C=O) groups excluding carboxylic acids is 1. The summed E-state index contributed by atoms with van der Waals surface area (Å²) in [6.07, 6.45) is 4.75. The lowest BCUT2D eigenvalue weighted by atomic mass is 10.1. The second kappa shape index (κ2) is 8.07. The van der Waals surface area contributed by atoms with Crippen LogP contribution in [0, 0.1) is 12.8 Å². The highest BCUT2D eigenvalue weighted by Crippen LogP contribution is 2.22. The summed E-state index contributed by atoms with van der Waals surface area (Å²) in [4.78, 5) is 26.1. The molecule has 1 aliphatic heterocycles. The molecule has 3 aromatic rings. The van der Waals surface area contributed by atoms with Gasteiger partial charge in [-0.15, -0.1) is 0 Å². The molecule has 0 bridgehead atoms. The van der Waals surface area contributed by atoms with Gasteiger partial charge < -0.3 is 9.80 Å². The largest absolute Gasteiger partial charge is 0.337 e. The lowest BCUT2D eigenvalue weighted by Crippen LogP contribution is -2.32. The second-order valence-corrected chi connectivity index (χ2v) is 7.81. The average molecular weight is 374 g/mol. The lowest BCUT2D eigenvalue weighted by Gasteiger charge is -2.21. The van der Waals surface area contributed by atoms with Crippen molar-refractivity contribution < 1.29 is 4.79 Å². The molecule has 1 fully saturated rings. The molecular formula is C23H26N4O. The van der Waals surface area contributed by atoms with E-state index in [1.807, 2.05) is 48.4 Å². The molecule has 28 heavy (non-hydrogen) atoms. The zero-order valence-electron chi connectivity index (χ0n) is 16.5. The molecule has 1 amide bonds. The molecule has 0 radical (unpaired) electrons. The van der Waals surface area contributed by atoms with Gasteiger partial charge in [0.05, 0.1) is 5.52 Å². The number of aromatic nitrogens is 2. The van der Waals surface area contributed by atoms with Gasteiger partial charge >= 0.3 is 0 Å². The molecule has 0 N–H and O–H groups in total. The maximum atomic E-state index is 13.0. The van der Waals surface area contributed by atoms with Crippen molar-refractivity contribution in [2.24, 2.45) is 5.92 Å². The van der Waals surface area contributed by atoms with E-state index in [2.05, 4.69) is 34.0 Å². The Morgan fingerprint density at radius 1 is 1.25 bits per heavy atom. The number of hydrogen-bond acceptors (Lipinski definition) is 4. The maximum Gasteiger partial charge on any atom is 0.272 e. The number of nitrogens with zero attached hydrogens (tertiary/aromatic N) is 4. The van der Waals surface area contributed by atoms with Crippen molar-refractivity contribution in [1.29, 1.82) is 0 Å². The number of para-hydroxylation sites is 1. The fourth-order valence-corrected chi connectivity index (χ4v) is 4.10. The number of amides is 1.